The molecule has 0 bridgehead atoms. The van der Waals surface area contributed by atoms with Gasteiger partial charge < -0.3 is 39.8 Å². The predicted molar refractivity (Wildman–Crippen MR) is 107 cm³/mol. The molecule has 0 saturated carbocycles. The normalized spacial score (nSPS) is 21.6. The van der Waals surface area contributed by atoms with Crippen LogP contribution in [0, 0.1) is 0 Å². The van der Waals surface area contributed by atoms with Crippen molar-refractivity contribution >= 4 is 5.82 Å². The van der Waals surface area contributed by atoms with Crippen LogP contribution in [-0.4, -0.2) is 99.3 Å². The third-order valence-electron chi connectivity index (χ3n) is 4.40. The number of nitrogens with one attached hydrogen (secondary N) is 1. The predicted octanol–water partition coefficient (Wildman–Crippen LogP) is 0.451. The molecule has 1 aliphatic rings. The molecule has 184 valence electrons. The van der Waals surface area contributed by atoms with Crippen molar-refractivity contribution < 1.29 is 42.0 Å². The van der Waals surface area contributed by atoms with Gasteiger partial charge in [0.05, 0.1) is 84.0 Å². The smallest absolute Gasteiger partial charge is 0.390 e. The molecule has 4 N–H and O–H groups in total. The van der Waals surface area contributed by atoms with Gasteiger partial charge in [-0.1, -0.05) is 0 Å². The monoisotopic (exact) mass is 468 g/mol. The molecule has 1 aliphatic heterocycles. The minimum Gasteiger partial charge on any atom is -0.390 e. The number of aromatic nitrogens is 2. The Morgan fingerprint density at radius 1 is 1.03 bits per heavy atom. The lowest BCUT2D eigenvalue weighted by atomic mass is 10.0. The summed E-state index contributed by atoms with van der Waals surface area (Å²) >= 11 is 0. The minimum absolute atomic E-state index is 0.0282. The van der Waals surface area contributed by atoms with Gasteiger partial charge in [0.1, 0.15) is 11.9 Å². The first kappa shape index (κ1) is 26.6. The van der Waals surface area contributed by atoms with E-state index in [1.165, 1.54) is 6.20 Å². The summed E-state index contributed by atoms with van der Waals surface area (Å²) < 4.78 is 65.1. The number of rotatable bonds is 15. The zero-order valence-electron chi connectivity index (χ0n) is 17.8. The molecule has 0 aromatic carbocycles. The number of hydrogen-bond acceptors (Lipinski definition) is 10. The number of aliphatic hydroxyl groups excluding tert-OH is 1. The molecule has 1 aromatic rings. The zero-order valence-corrected chi connectivity index (χ0v) is 17.8. The van der Waals surface area contributed by atoms with Gasteiger partial charge in [-0.25, -0.2) is 4.98 Å². The van der Waals surface area contributed by atoms with Crippen LogP contribution in [0.25, 0.3) is 0 Å². The molecule has 0 amide bonds. The van der Waals surface area contributed by atoms with Gasteiger partial charge >= 0.3 is 6.18 Å². The van der Waals surface area contributed by atoms with Crippen LogP contribution < -0.4 is 11.1 Å². The molecule has 3 atom stereocenters. The first-order chi connectivity index (χ1) is 15.4. The van der Waals surface area contributed by atoms with E-state index in [4.69, 9.17) is 29.4 Å². The Morgan fingerprint density at radius 3 is 2.25 bits per heavy atom. The number of halogens is 3. The first-order valence-corrected chi connectivity index (χ1v) is 10.4. The summed E-state index contributed by atoms with van der Waals surface area (Å²) in [5.74, 6) is -0.0282. The molecule has 0 radical (unpaired) electrons. The highest BCUT2D eigenvalue weighted by Gasteiger charge is 2.34. The molecule has 2 heterocycles. The number of nitrogens with zero attached hydrogens (tertiary/aromatic N) is 2. The summed E-state index contributed by atoms with van der Waals surface area (Å²) in [6.45, 7) is 3.90. The van der Waals surface area contributed by atoms with Gasteiger partial charge in [0.2, 0.25) is 0 Å². The molecule has 32 heavy (non-hydrogen) atoms. The summed E-state index contributed by atoms with van der Waals surface area (Å²) in [7, 11) is 0. The van der Waals surface area contributed by atoms with Crippen LogP contribution in [-0.2, 0) is 29.9 Å². The minimum atomic E-state index is -4.58. The van der Waals surface area contributed by atoms with Crippen molar-refractivity contribution in [3.8, 4) is 0 Å². The maximum Gasteiger partial charge on any atom is 0.434 e. The summed E-state index contributed by atoms with van der Waals surface area (Å²) in [6, 6.07) is -0.400. The van der Waals surface area contributed by atoms with Gasteiger partial charge in [0, 0.05) is 6.54 Å². The van der Waals surface area contributed by atoms with E-state index in [-0.39, 0.29) is 25.5 Å². The third-order valence-corrected chi connectivity index (χ3v) is 4.40. The number of aliphatic hydroxyl groups is 1. The Kier molecular flexibility index (Phi) is 12.1. The van der Waals surface area contributed by atoms with Gasteiger partial charge in [0.25, 0.3) is 0 Å². The second-order valence-corrected chi connectivity index (χ2v) is 7.00. The van der Waals surface area contributed by atoms with E-state index in [2.05, 4.69) is 15.3 Å². The van der Waals surface area contributed by atoms with E-state index in [1.807, 2.05) is 0 Å². The van der Waals surface area contributed by atoms with Crippen LogP contribution in [0.15, 0.2) is 12.4 Å². The summed E-state index contributed by atoms with van der Waals surface area (Å²) in [6.07, 6.45) is -3.83. The topological polar surface area (TPSA) is 130 Å². The largest absolute Gasteiger partial charge is 0.434 e. The lowest BCUT2D eigenvalue weighted by Gasteiger charge is -2.33. The van der Waals surface area contributed by atoms with E-state index in [0.29, 0.717) is 59.0 Å². The van der Waals surface area contributed by atoms with Crippen molar-refractivity contribution in [3.63, 3.8) is 0 Å². The first-order valence-electron chi connectivity index (χ1n) is 10.4. The molecular weight excluding hydrogens is 437 g/mol. The number of nitrogens with two attached hydrogens (primary N) is 1. The van der Waals surface area contributed by atoms with E-state index >= 15 is 0 Å². The van der Waals surface area contributed by atoms with Gasteiger partial charge in [0.15, 0.2) is 5.69 Å². The fourth-order valence-electron chi connectivity index (χ4n) is 2.85. The number of alkyl halides is 3. The molecule has 10 nitrogen and oxygen atoms in total. The molecule has 0 spiro atoms. The Balaban J connectivity index is 1.53. The Bertz CT molecular complexity index is 643. The van der Waals surface area contributed by atoms with Crippen LogP contribution in [0.2, 0.25) is 0 Å². The maximum absolute atomic E-state index is 12.7. The summed E-state index contributed by atoms with van der Waals surface area (Å²) in [5.41, 5.74) is 4.21. The quantitative estimate of drug-likeness (QED) is 0.312. The Morgan fingerprint density at radius 2 is 1.66 bits per heavy atom. The Hall–Kier alpha value is -1.61. The second kappa shape index (κ2) is 14.5. The van der Waals surface area contributed by atoms with Crippen LogP contribution in [0.3, 0.4) is 0 Å². The van der Waals surface area contributed by atoms with Crippen molar-refractivity contribution in [3.05, 3.63) is 18.1 Å². The van der Waals surface area contributed by atoms with Gasteiger partial charge in [-0.05, 0) is 6.42 Å². The van der Waals surface area contributed by atoms with Crippen molar-refractivity contribution in [2.45, 2.75) is 30.8 Å². The number of ether oxygens (including phenoxy) is 5. The van der Waals surface area contributed by atoms with Crippen LogP contribution >= 0.6 is 0 Å². The third kappa shape index (κ3) is 10.3. The lowest BCUT2D eigenvalue weighted by Crippen LogP contribution is -2.46. The second-order valence-electron chi connectivity index (χ2n) is 7.00. The van der Waals surface area contributed by atoms with E-state index in [1.54, 1.807) is 0 Å². The van der Waals surface area contributed by atoms with Gasteiger partial charge in [-0.2, -0.15) is 13.2 Å². The van der Waals surface area contributed by atoms with E-state index < -0.39 is 30.1 Å². The summed E-state index contributed by atoms with van der Waals surface area (Å²) in [5, 5.41) is 13.1. The number of anilines is 1. The molecule has 0 unspecified atom stereocenters. The van der Waals surface area contributed by atoms with Crippen LogP contribution in [0.1, 0.15) is 12.1 Å². The highest BCUT2D eigenvalue weighted by molar-refractivity contribution is 5.34. The Labute approximate surface area is 184 Å². The molecule has 2 rings (SSSR count). The van der Waals surface area contributed by atoms with Crippen molar-refractivity contribution in [1.82, 2.24) is 9.97 Å². The highest BCUT2D eigenvalue weighted by atomic mass is 19.4. The molecule has 1 fully saturated rings. The maximum atomic E-state index is 12.7. The highest BCUT2D eigenvalue weighted by Crippen LogP contribution is 2.28. The number of hydrogen-bond donors (Lipinski definition) is 3. The van der Waals surface area contributed by atoms with Gasteiger partial charge in [-0.3, -0.25) is 4.98 Å². The molecular formula is C19H31F3N4O6. The fraction of sp³-hybridized carbons (Fsp3) is 0.789. The average Bonchev–Trinajstić information content (AvgIpc) is 2.75. The zero-order chi connectivity index (χ0) is 23.2. The van der Waals surface area contributed by atoms with Crippen LogP contribution in [0.5, 0.6) is 0 Å². The van der Waals surface area contributed by atoms with E-state index in [9.17, 15) is 18.3 Å². The molecule has 1 saturated heterocycles. The molecule has 1 aromatic heterocycles. The van der Waals surface area contributed by atoms with Gasteiger partial charge in [-0.15, -0.1) is 0 Å². The van der Waals surface area contributed by atoms with Crippen LogP contribution in [0.4, 0.5) is 19.0 Å². The van der Waals surface area contributed by atoms with E-state index in [0.717, 1.165) is 0 Å². The average molecular weight is 468 g/mol. The summed E-state index contributed by atoms with van der Waals surface area (Å²) in [4.78, 5) is 7.05. The van der Waals surface area contributed by atoms with Crippen molar-refractivity contribution in [1.29, 1.82) is 0 Å². The standard InChI is InChI=1S/C19H31F3N4O6/c20-19(21,22)17-10-24-11-18(26-17)25-14-9-15(27)16(32-12-14)13-31-8-7-30-6-5-29-4-3-28-2-1-23/h10-11,14-16,27H,1-9,12-13,23H2,(H,25,26)/t14-,15-,16-/m0/s1. The molecule has 13 heteroatoms. The SMILES string of the molecule is NCCOCCOCCOCCOC[C@@H]1OC[C@@H](Nc2cncc(C(F)(F)F)n2)C[C@@H]1O. The van der Waals surface area contributed by atoms with Crippen molar-refractivity contribution in [2.75, 3.05) is 71.3 Å². The fourth-order valence-corrected chi connectivity index (χ4v) is 2.85. The molecule has 0 aliphatic carbocycles. The lowest BCUT2D eigenvalue weighted by molar-refractivity contribution is -0.141. The van der Waals surface area contributed by atoms with Crippen molar-refractivity contribution in [2.24, 2.45) is 5.73 Å².